The number of fused-ring (bicyclic) bond motifs is 1. The fourth-order valence-corrected chi connectivity index (χ4v) is 6.10. The number of likely N-dealkylation sites (tertiary alicyclic amines) is 1. The van der Waals surface area contributed by atoms with E-state index in [9.17, 15) is 5.11 Å². The summed E-state index contributed by atoms with van der Waals surface area (Å²) in [6, 6.07) is 6.85. The molecule has 136 valence electrons. The van der Waals surface area contributed by atoms with Crippen LogP contribution in [0.4, 0.5) is 0 Å². The van der Waals surface area contributed by atoms with E-state index in [0.717, 1.165) is 56.9 Å². The molecule has 3 fully saturated rings. The molecule has 1 aromatic rings. The van der Waals surface area contributed by atoms with Gasteiger partial charge in [0.25, 0.3) is 0 Å². The Morgan fingerprint density at radius 3 is 2.88 bits per heavy atom. The zero-order chi connectivity index (χ0) is 17.2. The molecule has 1 saturated heterocycles. The van der Waals surface area contributed by atoms with E-state index in [1.807, 2.05) is 0 Å². The molecule has 4 heteroatoms. The number of rotatable bonds is 3. The Morgan fingerprint density at radius 1 is 1.28 bits per heavy atom. The van der Waals surface area contributed by atoms with Crippen molar-refractivity contribution in [3.05, 3.63) is 29.3 Å². The number of benzene rings is 1. The summed E-state index contributed by atoms with van der Waals surface area (Å²) in [4.78, 5) is 2.60. The van der Waals surface area contributed by atoms with Crippen LogP contribution in [-0.2, 0) is 11.8 Å². The second-order valence-electron chi connectivity index (χ2n) is 8.94. The second kappa shape index (κ2) is 5.45. The van der Waals surface area contributed by atoms with Crippen LogP contribution in [0.5, 0.6) is 5.75 Å². The minimum absolute atomic E-state index is 0.119. The molecular formula is C21H30N2O2. The number of methoxy groups -OCH3 is 1. The molecule has 2 bridgehead atoms. The van der Waals surface area contributed by atoms with Gasteiger partial charge in [-0.3, -0.25) is 4.90 Å². The Hall–Kier alpha value is -1.10. The van der Waals surface area contributed by atoms with Crippen molar-refractivity contribution in [1.29, 1.82) is 0 Å². The van der Waals surface area contributed by atoms with E-state index in [-0.39, 0.29) is 17.5 Å². The summed E-state index contributed by atoms with van der Waals surface area (Å²) >= 11 is 0. The van der Waals surface area contributed by atoms with Gasteiger partial charge >= 0.3 is 0 Å². The van der Waals surface area contributed by atoms with Crippen molar-refractivity contribution < 1.29 is 9.84 Å². The van der Waals surface area contributed by atoms with Crippen molar-refractivity contribution in [2.45, 2.75) is 68.0 Å². The summed E-state index contributed by atoms with van der Waals surface area (Å²) in [6.07, 6.45) is 7.44. The first-order chi connectivity index (χ1) is 12.1. The van der Waals surface area contributed by atoms with Crippen LogP contribution in [0.15, 0.2) is 18.2 Å². The average Bonchev–Trinajstić information content (AvgIpc) is 3.40. The number of piperidine rings is 1. The zero-order valence-electron chi connectivity index (χ0n) is 15.2. The molecule has 3 aliphatic carbocycles. The van der Waals surface area contributed by atoms with E-state index in [4.69, 9.17) is 10.5 Å². The molecule has 0 amide bonds. The number of hydrogen-bond acceptors (Lipinski definition) is 4. The lowest BCUT2D eigenvalue weighted by Crippen LogP contribution is -2.74. The summed E-state index contributed by atoms with van der Waals surface area (Å²) in [5.74, 6) is 1.76. The summed E-state index contributed by atoms with van der Waals surface area (Å²) < 4.78 is 5.51. The van der Waals surface area contributed by atoms with Crippen molar-refractivity contribution in [1.82, 2.24) is 4.90 Å². The first kappa shape index (κ1) is 16.1. The minimum atomic E-state index is -0.697. The number of nitrogens with two attached hydrogens (primary N) is 1. The highest BCUT2D eigenvalue weighted by Crippen LogP contribution is 2.58. The first-order valence-corrected chi connectivity index (χ1v) is 9.95. The molecular weight excluding hydrogens is 312 g/mol. The lowest BCUT2D eigenvalue weighted by atomic mass is 9.49. The number of aliphatic hydroxyl groups is 1. The maximum atomic E-state index is 12.1. The molecule has 25 heavy (non-hydrogen) atoms. The van der Waals surface area contributed by atoms with Crippen LogP contribution in [0, 0.1) is 5.92 Å². The molecule has 1 heterocycles. The van der Waals surface area contributed by atoms with Gasteiger partial charge in [0.1, 0.15) is 5.75 Å². The van der Waals surface area contributed by atoms with Crippen molar-refractivity contribution in [2.24, 2.45) is 11.7 Å². The average molecular weight is 342 g/mol. The van der Waals surface area contributed by atoms with E-state index in [0.29, 0.717) is 0 Å². The number of hydrogen-bond donors (Lipinski definition) is 2. The van der Waals surface area contributed by atoms with Crippen molar-refractivity contribution >= 4 is 0 Å². The van der Waals surface area contributed by atoms with Gasteiger partial charge in [0.15, 0.2) is 0 Å². The fourth-order valence-electron chi connectivity index (χ4n) is 6.10. The minimum Gasteiger partial charge on any atom is -0.497 e. The van der Waals surface area contributed by atoms with E-state index in [1.54, 1.807) is 7.11 Å². The molecule has 4 atom stereocenters. The Balaban J connectivity index is 1.63. The molecule has 0 radical (unpaired) electrons. The Morgan fingerprint density at radius 2 is 2.12 bits per heavy atom. The van der Waals surface area contributed by atoms with Crippen LogP contribution < -0.4 is 10.5 Å². The Labute approximate surface area is 150 Å². The van der Waals surface area contributed by atoms with Crippen LogP contribution in [0.25, 0.3) is 0 Å². The van der Waals surface area contributed by atoms with Crippen molar-refractivity contribution in [2.75, 3.05) is 20.2 Å². The third kappa shape index (κ3) is 2.23. The van der Waals surface area contributed by atoms with Crippen LogP contribution in [0.3, 0.4) is 0 Å². The highest BCUT2D eigenvalue weighted by atomic mass is 16.5. The van der Waals surface area contributed by atoms with Gasteiger partial charge in [-0.25, -0.2) is 0 Å². The molecule has 1 aromatic carbocycles. The van der Waals surface area contributed by atoms with Gasteiger partial charge in [0.05, 0.1) is 12.7 Å². The molecule has 5 rings (SSSR count). The van der Waals surface area contributed by atoms with E-state index in [2.05, 4.69) is 23.1 Å². The molecule has 4 aliphatic rings. The summed E-state index contributed by atoms with van der Waals surface area (Å²) in [5.41, 5.74) is 8.26. The summed E-state index contributed by atoms with van der Waals surface area (Å²) in [7, 11) is 1.73. The van der Waals surface area contributed by atoms with Gasteiger partial charge in [-0.05, 0) is 80.7 Å². The van der Waals surface area contributed by atoms with Crippen molar-refractivity contribution in [3.63, 3.8) is 0 Å². The maximum Gasteiger partial charge on any atom is 0.119 e. The maximum absolute atomic E-state index is 12.1. The van der Waals surface area contributed by atoms with Gasteiger partial charge in [-0.2, -0.15) is 0 Å². The Kier molecular flexibility index (Phi) is 3.51. The predicted molar refractivity (Wildman–Crippen MR) is 97.9 cm³/mol. The summed E-state index contributed by atoms with van der Waals surface area (Å²) in [6.45, 7) is 2.26. The fraction of sp³-hybridized carbons (Fsp3) is 0.714. The number of nitrogens with zero attached hydrogens (tertiary/aromatic N) is 1. The molecule has 1 aliphatic heterocycles. The SMILES string of the molecule is COc1ccc2c(c1)[C@@]13CC[C@H](N)C[C@@]1(O)[C@@H](C2)N(CC1CC1)CC3. The number of ether oxygens (including phenoxy) is 1. The van der Waals surface area contributed by atoms with E-state index in [1.165, 1.54) is 24.0 Å². The van der Waals surface area contributed by atoms with Crippen LogP contribution in [-0.4, -0.2) is 47.9 Å². The van der Waals surface area contributed by atoms with Crippen LogP contribution >= 0.6 is 0 Å². The third-order valence-corrected chi connectivity index (χ3v) is 7.60. The molecule has 4 nitrogen and oxygen atoms in total. The first-order valence-electron chi connectivity index (χ1n) is 9.95. The third-order valence-electron chi connectivity index (χ3n) is 7.60. The van der Waals surface area contributed by atoms with Crippen LogP contribution in [0.1, 0.15) is 49.7 Å². The molecule has 0 unspecified atom stereocenters. The normalized spacial score (nSPS) is 40.3. The highest BCUT2D eigenvalue weighted by Gasteiger charge is 2.64. The highest BCUT2D eigenvalue weighted by molar-refractivity contribution is 5.48. The predicted octanol–water partition coefficient (Wildman–Crippen LogP) is 2.22. The topological polar surface area (TPSA) is 58.7 Å². The molecule has 0 spiro atoms. The second-order valence-corrected chi connectivity index (χ2v) is 8.94. The van der Waals surface area contributed by atoms with Gasteiger partial charge in [-0.15, -0.1) is 0 Å². The lowest BCUT2D eigenvalue weighted by molar-refractivity contribution is -0.169. The van der Waals surface area contributed by atoms with Gasteiger partial charge in [0.2, 0.25) is 0 Å². The lowest BCUT2D eigenvalue weighted by Gasteiger charge is -2.64. The van der Waals surface area contributed by atoms with Gasteiger partial charge in [-0.1, -0.05) is 6.07 Å². The molecule has 0 aromatic heterocycles. The van der Waals surface area contributed by atoms with Gasteiger partial charge < -0.3 is 15.6 Å². The van der Waals surface area contributed by atoms with Crippen molar-refractivity contribution in [3.8, 4) is 5.75 Å². The molecule has 2 saturated carbocycles. The monoisotopic (exact) mass is 342 g/mol. The summed E-state index contributed by atoms with van der Waals surface area (Å²) in [5, 5.41) is 12.1. The Bertz CT molecular complexity index is 688. The molecule has 3 N–H and O–H groups in total. The quantitative estimate of drug-likeness (QED) is 0.884. The zero-order valence-corrected chi connectivity index (χ0v) is 15.2. The van der Waals surface area contributed by atoms with Crippen LogP contribution in [0.2, 0.25) is 0 Å². The standard InChI is InChI=1S/C21H30N2O2/c1-25-17-5-4-15-10-19-21(24)12-16(22)6-7-20(21,18(15)11-17)8-9-23(19)13-14-2-3-14/h4-5,11,14,16,19,24H,2-3,6-10,12-13,22H2,1H3/t16-,19+,20-,21+/m0/s1. The smallest absolute Gasteiger partial charge is 0.119 e. The van der Waals surface area contributed by atoms with E-state index >= 15 is 0 Å². The van der Waals surface area contributed by atoms with Gasteiger partial charge in [0, 0.05) is 24.0 Å². The largest absolute Gasteiger partial charge is 0.497 e. The van der Waals surface area contributed by atoms with E-state index < -0.39 is 5.60 Å².